The summed E-state index contributed by atoms with van der Waals surface area (Å²) in [7, 11) is 0. The van der Waals surface area contributed by atoms with Crippen molar-refractivity contribution in [2.75, 3.05) is 63.8 Å². The van der Waals surface area contributed by atoms with E-state index in [1.54, 1.807) is 0 Å². The highest BCUT2D eigenvalue weighted by Gasteiger charge is 2.24. The number of benzene rings is 1. The summed E-state index contributed by atoms with van der Waals surface area (Å²) in [6.45, 7) is 8.67. The summed E-state index contributed by atoms with van der Waals surface area (Å²) >= 11 is 5.99. The Bertz CT molecular complexity index is 808. The maximum atomic E-state index is 12.9. The molecule has 30 heavy (non-hydrogen) atoms. The van der Waals surface area contributed by atoms with Crippen molar-refractivity contribution in [1.29, 1.82) is 0 Å². The molecule has 2 saturated heterocycles. The second kappa shape index (κ2) is 10.2. The van der Waals surface area contributed by atoms with Crippen molar-refractivity contribution >= 4 is 23.3 Å². The molecule has 4 rings (SSSR count). The van der Waals surface area contributed by atoms with Gasteiger partial charge in [0.2, 0.25) is 5.91 Å². The highest BCUT2D eigenvalue weighted by atomic mass is 35.5. The minimum atomic E-state index is 0.252. The molecule has 0 bridgehead atoms. The van der Waals surface area contributed by atoms with Gasteiger partial charge in [0.15, 0.2) is 0 Å². The molecule has 2 aliphatic rings. The molecule has 160 valence electrons. The summed E-state index contributed by atoms with van der Waals surface area (Å²) in [5.74, 6) is 1.25. The topological polar surface area (TPSA) is 42.9 Å². The van der Waals surface area contributed by atoms with Gasteiger partial charge in [-0.25, -0.2) is 4.98 Å². The smallest absolute Gasteiger partial charge is 0.236 e. The third kappa shape index (κ3) is 5.72. The van der Waals surface area contributed by atoms with Crippen LogP contribution in [-0.2, 0) is 11.3 Å². The number of carbonyl (C=O) groups is 1. The Morgan fingerprint density at radius 2 is 1.60 bits per heavy atom. The lowest BCUT2D eigenvalue weighted by atomic mass is 10.2. The van der Waals surface area contributed by atoms with Crippen LogP contribution >= 0.6 is 11.6 Å². The number of rotatable bonds is 5. The quantitative estimate of drug-likeness (QED) is 0.733. The normalized spacial score (nSPS) is 19.0. The highest BCUT2D eigenvalue weighted by molar-refractivity contribution is 6.30. The van der Waals surface area contributed by atoms with E-state index < -0.39 is 0 Å². The van der Waals surface area contributed by atoms with Gasteiger partial charge in [0.05, 0.1) is 6.54 Å². The Morgan fingerprint density at radius 1 is 0.867 bits per heavy atom. The van der Waals surface area contributed by atoms with E-state index in [1.807, 2.05) is 41.4 Å². The molecule has 0 spiro atoms. The van der Waals surface area contributed by atoms with Crippen molar-refractivity contribution in [3.8, 4) is 0 Å². The zero-order chi connectivity index (χ0) is 20.8. The summed E-state index contributed by atoms with van der Waals surface area (Å²) in [5.41, 5.74) is 1.29. The van der Waals surface area contributed by atoms with E-state index in [2.05, 4.69) is 31.8 Å². The van der Waals surface area contributed by atoms with Crippen molar-refractivity contribution < 1.29 is 4.79 Å². The molecule has 2 aliphatic heterocycles. The Hall–Kier alpha value is -2.15. The predicted octanol–water partition coefficient (Wildman–Crippen LogP) is 2.59. The van der Waals surface area contributed by atoms with Crippen molar-refractivity contribution in [2.24, 2.45) is 0 Å². The predicted molar refractivity (Wildman–Crippen MR) is 121 cm³/mol. The first-order valence-corrected chi connectivity index (χ1v) is 11.2. The molecule has 0 unspecified atom stereocenters. The fraction of sp³-hybridized carbons (Fsp3) is 0.478. The lowest BCUT2D eigenvalue weighted by molar-refractivity contribution is -0.132. The van der Waals surface area contributed by atoms with Gasteiger partial charge in [-0.1, -0.05) is 29.8 Å². The first-order valence-electron chi connectivity index (χ1n) is 10.8. The van der Waals surface area contributed by atoms with Gasteiger partial charge in [0, 0.05) is 57.0 Å². The average molecular weight is 428 g/mol. The van der Waals surface area contributed by atoms with E-state index in [1.165, 1.54) is 5.56 Å². The Labute approximate surface area is 184 Å². The van der Waals surface area contributed by atoms with Crippen LogP contribution in [-0.4, -0.2) is 84.5 Å². The summed E-state index contributed by atoms with van der Waals surface area (Å²) in [6, 6.07) is 14.1. The number of hydrogen-bond acceptors (Lipinski definition) is 5. The van der Waals surface area contributed by atoms with E-state index in [-0.39, 0.29) is 5.91 Å². The van der Waals surface area contributed by atoms with E-state index >= 15 is 0 Å². The summed E-state index contributed by atoms with van der Waals surface area (Å²) in [5, 5.41) is 0.778. The van der Waals surface area contributed by atoms with Gasteiger partial charge in [-0.15, -0.1) is 0 Å². The third-order valence-electron chi connectivity index (χ3n) is 5.97. The van der Waals surface area contributed by atoms with Crippen LogP contribution in [0.15, 0.2) is 48.7 Å². The second-order valence-corrected chi connectivity index (χ2v) is 8.52. The van der Waals surface area contributed by atoms with Crippen LogP contribution in [0.4, 0.5) is 5.82 Å². The number of carbonyl (C=O) groups excluding carboxylic acids is 1. The molecule has 0 saturated carbocycles. The molecule has 0 atom stereocenters. The SMILES string of the molecule is O=C(CN1CCCN(Cc2ccc(Cl)cc2)CC1)N1CCN(c2ccccn2)CC1. The monoisotopic (exact) mass is 427 g/mol. The minimum Gasteiger partial charge on any atom is -0.353 e. The largest absolute Gasteiger partial charge is 0.353 e. The van der Waals surface area contributed by atoms with Crippen LogP contribution in [0.25, 0.3) is 0 Å². The molecular weight excluding hydrogens is 398 g/mol. The van der Waals surface area contributed by atoms with Gasteiger partial charge in [-0.3, -0.25) is 14.6 Å². The maximum Gasteiger partial charge on any atom is 0.236 e. The number of amides is 1. The molecule has 3 heterocycles. The van der Waals surface area contributed by atoms with Crippen LogP contribution in [0.5, 0.6) is 0 Å². The lowest BCUT2D eigenvalue weighted by Crippen LogP contribution is -2.51. The number of pyridine rings is 1. The molecule has 7 heteroatoms. The molecule has 0 N–H and O–H groups in total. The Morgan fingerprint density at radius 3 is 2.33 bits per heavy atom. The Balaban J connectivity index is 1.22. The molecule has 0 aliphatic carbocycles. The maximum absolute atomic E-state index is 12.9. The van der Waals surface area contributed by atoms with Crippen molar-refractivity contribution in [2.45, 2.75) is 13.0 Å². The number of halogens is 1. The molecule has 2 fully saturated rings. The van der Waals surface area contributed by atoms with E-state index in [4.69, 9.17) is 11.6 Å². The summed E-state index contributed by atoms with van der Waals surface area (Å²) in [6.07, 6.45) is 2.91. The number of hydrogen-bond donors (Lipinski definition) is 0. The van der Waals surface area contributed by atoms with Crippen LogP contribution in [0.1, 0.15) is 12.0 Å². The number of aromatic nitrogens is 1. The number of nitrogens with zero attached hydrogens (tertiary/aromatic N) is 5. The Kier molecular flexibility index (Phi) is 7.20. The van der Waals surface area contributed by atoms with Gasteiger partial charge in [-0.2, -0.15) is 0 Å². The molecule has 1 aromatic carbocycles. The van der Waals surface area contributed by atoms with E-state index in [0.717, 1.165) is 76.2 Å². The van der Waals surface area contributed by atoms with Crippen molar-refractivity contribution in [3.05, 3.63) is 59.2 Å². The first-order chi connectivity index (χ1) is 14.7. The van der Waals surface area contributed by atoms with Gasteiger partial charge >= 0.3 is 0 Å². The van der Waals surface area contributed by atoms with Crippen LogP contribution in [0.3, 0.4) is 0 Å². The molecule has 2 aromatic rings. The molecule has 6 nitrogen and oxygen atoms in total. The molecular formula is C23H30ClN5O. The molecule has 1 amide bonds. The van der Waals surface area contributed by atoms with Crippen molar-refractivity contribution in [1.82, 2.24) is 19.7 Å². The second-order valence-electron chi connectivity index (χ2n) is 8.09. The van der Waals surface area contributed by atoms with Gasteiger partial charge in [0.1, 0.15) is 5.82 Å². The van der Waals surface area contributed by atoms with Crippen LogP contribution < -0.4 is 4.90 Å². The first kappa shape index (κ1) is 21.1. The fourth-order valence-electron chi connectivity index (χ4n) is 4.21. The molecule has 0 radical (unpaired) electrons. The van der Waals surface area contributed by atoms with Gasteiger partial charge in [0.25, 0.3) is 0 Å². The third-order valence-corrected chi connectivity index (χ3v) is 6.22. The number of piperazine rings is 1. The zero-order valence-corrected chi connectivity index (χ0v) is 18.2. The highest BCUT2D eigenvalue weighted by Crippen LogP contribution is 2.15. The minimum absolute atomic E-state index is 0.252. The van der Waals surface area contributed by atoms with Crippen LogP contribution in [0, 0.1) is 0 Å². The average Bonchev–Trinajstić information content (AvgIpc) is 3.01. The van der Waals surface area contributed by atoms with Gasteiger partial charge < -0.3 is 9.80 Å². The number of anilines is 1. The van der Waals surface area contributed by atoms with Gasteiger partial charge in [-0.05, 0) is 49.3 Å². The summed E-state index contributed by atoms with van der Waals surface area (Å²) in [4.78, 5) is 26.3. The van der Waals surface area contributed by atoms with Crippen molar-refractivity contribution in [3.63, 3.8) is 0 Å². The summed E-state index contributed by atoms with van der Waals surface area (Å²) < 4.78 is 0. The van der Waals surface area contributed by atoms with E-state index in [9.17, 15) is 4.79 Å². The van der Waals surface area contributed by atoms with E-state index in [0.29, 0.717) is 6.54 Å². The van der Waals surface area contributed by atoms with Crippen LogP contribution in [0.2, 0.25) is 5.02 Å². The standard InChI is InChI=1S/C23H30ClN5O/c24-21-7-5-20(6-8-21)18-26-10-3-11-27(13-12-26)19-23(30)29-16-14-28(15-17-29)22-4-1-2-9-25-22/h1-2,4-9H,3,10-19H2. The lowest BCUT2D eigenvalue weighted by Gasteiger charge is -2.36. The fourth-order valence-corrected chi connectivity index (χ4v) is 4.33. The zero-order valence-electron chi connectivity index (χ0n) is 17.4. The molecule has 1 aromatic heterocycles.